The summed E-state index contributed by atoms with van der Waals surface area (Å²) in [5.74, 6) is -0.279. The van der Waals surface area contributed by atoms with Crippen LogP contribution in [0.15, 0.2) is 95.2 Å². The van der Waals surface area contributed by atoms with E-state index in [2.05, 4.69) is 117 Å². The SMILES string of the molecule is CC1(C)C2=[N+](CC(C)(C)[C@@H]3O[C@@H]4C[C@@H]5CCN6C(=C5C=C4C=C23)C(C)(CCCC(=O)O)c2ccccc26)c2ccc3ccccc3c21. The summed E-state index contributed by atoms with van der Waals surface area (Å²) in [5.41, 5.74) is 11.8. The zero-order chi connectivity index (χ0) is 32.5. The van der Waals surface area contributed by atoms with Gasteiger partial charge in [-0.05, 0) is 98.1 Å². The van der Waals surface area contributed by atoms with E-state index in [4.69, 9.17) is 4.74 Å². The molecule has 1 unspecified atom stereocenters. The number of benzene rings is 3. The number of nitrogens with zero attached hydrogens (tertiary/aromatic N) is 2. The fourth-order valence-corrected chi connectivity index (χ4v) is 10.5. The van der Waals surface area contributed by atoms with Gasteiger partial charge in [0.2, 0.25) is 5.69 Å². The first-order valence-corrected chi connectivity index (χ1v) is 17.6. The normalized spacial score (nSPS) is 29.2. The van der Waals surface area contributed by atoms with Crippen molar-refractivity contribution >= 4 is 33.8 Å². The lowest BCUT2D eigenvalue weighted by Crippen LogP contribution is -2.53. The van der Waals surface area contributed by atoms with Crippen LogP contribution in [-0.4, -0.2) is 46.7 Å². The molecule has 1 N–H and O–H groups in total. The van der Waals surface area contributed by atoms with Gasteiger partial charge in [0, 0.05) is 47.0 Å². The van der Waals surface area contributed by atoms with E-state index < -0.39 is 5.97 Å². The second-order valence-corrected chi connectivity index (χ2v) is 16.3. The van der Waals surface area contributed by atoms with Gasteiger partial charge < -0.3 is 14.7 Å². The van der Waals surface area contributed by atoms with Crippen molar-refractivity contribution in [3.8, 4) is 0 Å². The molecule has 5 aliphatic heterocycles. The summed E-state index contributed by atoms with van der Waals surface area (Å²) in [7, 11) is 0. The molecule has 1 aliphatic carbocycles. The van der Waals surface area contributed by atoms with E-state index in [-0.39, 0.29) is 34.9 Å². The maximum atomic E-state index is 11.6. The van der Waals surface area contributed by atoms with Crippen molar-refractivity contribution < 1.29 is 19.2 Å². The minimum atomic E-state index is -0.717. The second kappa shape index (κ2) is 9.79. The molecule has 3 aromatic rings. The monoisotopic (exact) mass is 625 g/mol. The van der Waals surface area contributed by atoms with E-state index in [9.17, 15) is 9.90 Å². The predicted octanol–water partition coefficient (Wildman–Crippen LogP) is 8.59. The molecule has 5 heteroatoms. The Bertz CT molecular complexity index is 2030. The Morgan fingerprint density at radius 2 is 1.79 bits per heavy atom. The van der Waals surface area contributed by atoms with Gasteiger partial charge in [0.15, 0.2) is 12.3 Å². The molecule has 0 radical (unpaired) electrons. The van der Waals surface area contributed by atoms with Crippen LogP contribution in [-0.2, 0) is 20.4 Å². The average Bonchev–Trinajstić information content (AvgIpc) is 3.43. The molecule has 5 nitrogen and oxygen atoms in total. The van der Waals surface area contributed by atoms with E-state index in [1.807, 2.05) is 0 Å². The van der Waals surface area contributed by atoms with Crippen LogP contribution in [0.3, 0.4) is 0 Å². The van der Waals surface area contributed by atoms with Crippen molar-refractivity contribution in [2.45, 2.75) is 89.8 Å². The van der Waals surface area contributed by atoms with Crippen LogP contribution in [0.5, 0.6) is 0 Å². The Morgan fingerprint density at radius 1 is 1.00 bits per heavy atom. The van der Waals surface area contributed by atoms with Gasteiger partial charge in [0.05, 0.1) is 16.9 Å². The zero-order valence-electron chi connectivity index (χ0n) is 28.3. The van der Waals surface area contributed by atoms with Crippen molar-refractivity contribution in [1.82, 2.24) is 0 Å². The van der Waals surface area contributed by atoms with Crippen LogP contribution < -0.4 is 4.90 Å². The summed E-state index contributed by atoms with van der Waals surface area (Å²) < 4.78 is 9.89. The highest BCUT2D eigenvalue weighted by Gasteiger charge is 2.59. The number of aliphatic carboxylic acids is 1. The van der Waals surface area contributed by atoms with Crippen LogP contribution >= 0.6 is 0 Å². The lowest BCUT2D eigenvalue weighted by Gasteiger charge is -2.47. The number of anilines is 1. The van der Waals surface area contributed by atoms with Crippen LogP contribution in [0.2, 0.25) is 0 Å². The molecule has 6 aliphatic rings. The third-order valence-electron chi connectivity index (χ3n) is 12.4. The maximum Gasteiger partial charge on any atom is 0.303 e. The second-order valence-electron chi connectivity index (χ2n) is 16.3. The molecular formula is C42H45N2O3+. The fourth-order valence-electron chi connectivity index (χ4n) is 10.5. The number of carboxylic acids is 1. The Kier molecular flexibility index (Phi) is 6.08. The Morgan fingerprint density at radius 3 is 2.62 bits per heavy atom. The lowest BCUT2D eigenvalue weighted by molar-refractivity contribution is -0.466. The van der Waals surface area contributed by atoms with E-state index in [1.165, 1.54) is 61.4 Å². The van der Waals surface area contributed by atoms with Gasteiger partial charge in [-0.25, -0.2) is 0 Å². The fraction of sp³-hybridized carbons (Fsp3) is 0.429. The van der Waals surface area contributed by atoms with E-state index in [1.54, 1.807) is 0 Å². The van der Waals surface area contributed by atoms with Gasteiger partial charge >= 0.3 is 5.97 Å². The highest BCUT2D eigenvalue weighted by molar-refractivity contribution is 6.12. The molecule has 0 amide bonds. The van der Waals surface area contributed by atoms with Gasteiger partial charge in [-0.3, -0.25) is 4.79 Å². The maximum absolute atomic E-state index is 11.6. The minimum absolute atomic E-state index is 0.0436. The zero-order valence-corrected chi connectivity index (χ0v) is 28.3. The van der Waals surface area contributed by atoms with Gasteiger partial charge in [0.25, 0.3) is 0 Å². The predicted molar refractivity (Wildman–Crippen MR) is 188 cm³/mol. The largest absolute Gasteiger partial charge is 0.481 e. The number of hydrogen-bond donors (Lipinski definition) is 1. The first kappa shape index (κ1) is 29.2. The third kappa shape index (κ3) is 3.99. The molecule has 5 heterocycles. The molecule has 47 heavy (non-hydrogen) atoms. The summed E-state index contributed by atoms with van der Waals surface area (Å²) in [6.45, 7) is 13.9. The molecule has 3 aromatic carbocycles. The molecule has 0 bridgehead atoms. The van der Waals surface area contributed by atoms with Gasteiger partial charge in [-0.2, -0.15) is 4.58 Å². The standard InChI is InChI=1S/C42H44N2O3/c1-40(2)24-44-33-17-16-25-11-6-7-12-28(25)36(33)41(3,4)37(44)30-22-27-21-29-26(23-34(27)47-39(30)40)18-20-43-32-14-9-8-13-31(32)42(5,38(29)43)19-10-15-35(45)46/h6-9,11-14,16-17,21-22,26,34,39H,10,15,18-20,23-24H2,1-5H3/p+1/t26-,34+,39+,42?/m0/s1. The Balaban J connectivity index is 1.21. The summed E-state index contributed by atoms with van der Waals surface area (Å²) in [6.07, 6.45) is 8.94. The number of allylic oxidation sites excluding steroid dienone is 3. The molecule has 0 saturated heterocycles. The van der Waals surface area contributed by atoms with Crippen LogP contribution in [0.25, 0.3) is 10.8 Å². The lowest BCUT2D eigenvalue weighted by atomic mass is 9.67. The molecule has 240 valence electrons. The topological polar surface area (TPSA) is 52.8 Å². The number of fused-ring (bicyclic) bond motifs is 11. The minimum Gasteiger partial charge on any atom is -0.481 e. The molecule has 0 aromatic heterocycles. The van der Waals surface area contributed by atoms with E-state index in [0.717, 1.165) is 32.4 Å². The van der Waals surface area contributed by atoms with Crippen molar-refractivity contribution in [1.29, 1.82) is 0 Å². The van der Waals surface area contributed by atoms with Gasteiger partial charge in [-0.1, -0.05) is 62.4 Å². The number of hydrogen-bond acceptors (Lipinski definition) is 3. The molecular weight excluding hydrogens is 580 g/mol. The molecule has 0 fully saturated rings. The molecule has 0 saturated carbocycles. The first-order valence-electron chi connectivity index (χ1n) is 17.6. The highest BCUT2D eigenvalue weighted by Crippen LogP contribution is 2.58. The van der Waals surface area contributed by atoms with Gasteiger partial charge in [-0.15, -0.1) is 0 Å². The summed E-state index contributed by atoms with van der Waals surface area (Å²) in [6, 6.07) is 22.3. The number of para-hydroxylation sites is 1. The number of rotatable bonds is 4. The smallest absolute Gasteiger partial charge is 0.303 e. The number of carboxylic acid groups (broad SMARTS) is 1. The van der Waals surface area contributed by atoms with Crippen LogP contribution in [0.1, 0.15) is 77.8 Å². The van der Waals surface area contributed by atoms with Crippen molar-refractivity contribution in [3.63, 3.8) is 0 Å². The Labute approximate surface area is 277 Å². The van der Waals surface area contributed by atoms with Crippen molar-refractivity contribution in [2.75, 3.05) is 18.0 Å². The van der Waals surface area contributed by atoms with Gasteiger partial charge in [0.1, 0.15) is 6.10 Å². The van der Waals surface area contributed by atoms with Crippen molar-refractivity contribution in [2.24, 2.45) is 11.3 Å². The molecule has 4 atom stereocenters. The highest BCUT2D eigenvalue weighted by atomic mass is 16.5. The molecule has 9 rings (SSSR count). The quantitative estimate of drug-likeness (QED) is 0.295. The summed E-state index contributed by atoms with van der Waals surface area (Å²) >= 11 is 0. The third-order valence-corrected chi connectivity index (χ3v) is 12.4. The number of carbonyl (C=O) groups is 1. The van der Waals surface area contributed by atoms with E-state index >= 15 is 0 Å². The number of ether oxygens (including phenoxy) is 1. The van der Waals surface area contributed by atoms with E-state index in [0.29, 0.717) is 12.3 Å². The first-order chi connectivity index (χ1) is 22.5. The summed E-state index contributed by atoms with van der Waals surface area (Å²) in [5, 5.41) is 12.1. The van der Waals surface area contributed by atoms with Crippen molar-refractivity contribution in [3.05, 3.63) is 106 Å². The Hall–Kier alpha value is -3.96. The van der Waals surface area contributed by atoms with Crippen LogP contribution in [0.4, 0.5) is 11.4 Å². The van der Waals surface area contributed by atoms with Crippen LogP contribution in [0, 0.1) is 11.3 Å². The summed E-state index contributed by atoms with van der Waals surface area (Å²) in [4.78, 5) is 14.1. The average molecular weight is 626 g/mol. The molecule has 0 spiro atoms.